The molecule has 5 heteroatoms. The SMILES string of the molecule is C#CC#CC1C(=O)N2N(C1=O)[C@@]13C=C[C@@]24C2CC[C@@H]([C@H](C)/C=C/[C@H](C)CC)[C@@]2(C)CCC4[C@@]1(C)CC[C@H](O)C3. The predicted octanol–water partition coefficient (Wildman–Crippen LogP) is 5.12. The molecular formula is C34H44N2O3. The molecule has 0 aromatic heterocycles. The van der Waals surface area contributed by atoms with Crippen LogP contribution in [0.2, 0.25) is 0 Å². The zero-order chi connectivity index (χ0) is 28.0. The van der Waals surface area contributed by atoms with Crippen molar-refractivity contribution in [1.82, 2.24) is 10.0 Å². The highest BCUT2D eigenvalue weighted by Crippen LogP contribution is 2.74. The third-order valence-electron chi connectivity index (χ3n) is 12.6. The molecule has 0 aromatic carbocycles. The Balaban J connectivity index is 1.50. The highest BCUT2D eigenvalue weighted by Gasteiger charge is 2.80. The first-order valence-corrected chi connectivity index (χ1v) is 15.2. The van der Waals surface area contributed by atoms with Crippen molar-refractivity contribution >= 4 is 11.8 Å². The van der Waals surface area contributed by atoms with Crippen LogP contribution in [0.25, 0.3) is 0 Å². The van der Waals surface area contributed by atoms with Crippen LogP contribution >= 0.6 is 0 Å². The van der Waals surface area contributed by atoms with Gasteiger partial charge < -0.3 is 5.11 Å². The maximum atomic E-state index is 14.3. The van der Waals surface area contributed by atoms with Gasteiger partial charge in [-0.3, -0.25) is 9.59 Å². The molecule has 11 atom stereocenters. The fourth-order valence-electron chi connectivity index (χ4n) is 10.5. The lowest BCUT2D eigenvalue weighted by Gasteiger charge is -2.76. The Labute approximate surface area is 234 Å². The van der Waals surface area contributed by atoms with Gasteiger partial charge in [0.25, 0.3) is 11.8 Å². The van der Waals surface area contributed by atoms with E-state index in [1.807, 2.05) is 5.01 Å². The van der Waals surface area contributed by atoms with Crippen molar-refractivity contribution in [2.75, 3.05) is 0 Å². The van der Waals surface area contributed by atoms with Gasteiger partial charge in [0.05, 0.1) is 17.2 Å². The first-order valence-electron chi connectivity index (χ1n) is 15.2. The number of fused-ring (bicyclic) bond motifs is 1. The van der Waals surface area contributed by atoms with E-state index in [1.54, 1.807) is 5.01 Å². The molecule has 2 saturated heterocycles. The quantitative estimate of drug-likeness (QED) is 0.313. The van der Waals surface area contributed by atoms with Gasteiger partial charge in [-0.15, -0.1) is 6.42 Å². The van der Waals surface area contributed by atoms with Crippen LogP contribution in [0, 0.1) is 70.5 Å². The summed E-state index contributed by atoms with van der Waals surface area (Å²) in [6.07, 6.45) is 21.8. The summed E-state index contributed by atoms with van der Waals surface area (Å²) in [5.74, 6) is 8.19. The maximum Gasteiger partial charge on any atom is 0.266 e. The fourth-order valence-corrected chi connectivity index (χ4v) is 10.5. The van der Waals surface area contributed by atoms with Gasteiger partial charge in [0.1, 0.15) is 0 Å². The fraction of sp³-hybridized carbons (Fsp3) is 0.706. The average molecular weight is 529 g/mol. The molecule has 39 heavy (non-hydrogen) atoms. The first kappa shape index (κ1) is 26.7. The molecule has 2 bridgehead atoms. The Morgan fingerprint density at radius 3 is 2.51 bits per heavy atom. The summed E-state index contributed by atoms with van der Waals surface area (Å²) in [7, 11) is 0. The molecule has 0 aromatic rings. The molecule has 1 N–H and O–H groups in total. The number of rotatable bonds is 4. The Hall–Kier alpha value is -2.50. The lowest BCUT2D eigenvalue weighted by atomic mass is 9.40. The standard InChI is InChI=1S/C34H44N2O3/c1-7-9-10-25-29(38)35-33-19-20-34(36(35)30(25)39)27-14-13-26(23(4)12-11-22(3)8-2)31(27,5)17-16-28(34)32(33,6)18-15-24(37)21-33/h1,11-12,19-20,22-28,37H,8,13-18,21H2,2-6H3/b12-11+/t22-,23-,24+,25?,26+,27?,28?,31-,32-,33-,34+/m1/s1. The molecule has 7 aliphatic rings. The summed E-state index contributed by atoms with van der Waals surface area (Å²) >= 11 is 0. The van der Waals surface area contributed by atoms with Crippen LogP contribution in [-0.2, 0) is 9.59 Å². The number of aliphatic hydroxyl groups excluding tert-OH is 1. The molecule has 4 aliphatic carbocycles. The number of hydrazine groups is 1. The number of amides is 2. The molecule has 5 nitrogen and oxygen atoms in total. The van der Waals surface area contributed by atoms with Crippen molar-refractivity contribution in [3.8, 4) is 24.2 Å². The van der Waals surface area contributed by atoms with Gasteiger partial charge in [0.2, 0.25) is 0 Å². The predicted molar refractivity (Wildman–Crippen MR) is 151 cm³/mol. The summed E-state index contributed by atoms with van der Waals surface area (Å²) in [5, 5.41) is 14.6. The van der Waals surface area contributed by atoms with Gasteiger partial charge in [-0.2, -0.15) is 0 Å². The number of terminal acetylenes is 1. The summed E-state index contributed by atoms with van der Waals surface area (Å²) < 4.78 is 0. The summed E-state index contributed by atoms with van der Waals surface area (Å²) in [6, 6.07) is 0. The highest BCUT2D eigenvalue weighted by atomic mass is 16.3. The second-order valence-electron chi connectivity index (χ2n) is 14.1. The van der Waals surface area contributed by atoms with E-state index in [1.165, 1.54) is 0 Å². The van der Waals surface area contributed by atoms with Crippen LogP contribution in [0.3, 0.4) is 0 Å². The van der Waals surface area contributed by atoms with Crippen LogP contribution in [0.4, 0.5) is 0 Å². The van der Waals surface area contributed by atoms with Crippen molar-refractivity contribution in [3.05, 3.63) is 24.3 Å². The molecule has 2 amide bonds. The number of carbonyl (C=O) groups is 2. The third kappa shape index (κ3) is 3.15. The molecule has 3 aliphatic heterocycles. The molecule has 2 spiro atoms. The Kier molecular flexibility index (Phi) is 5.99. The topological polar surface area (TPSA) is 60.9 Å². The van der Waals surface area contributed by atoms with Crippen LogP contribution in [0.5, 0.6) is 0 Å². The molecular weight excluding hydrogens is 484 g/mol. The lowest BCUT2D eigenvalue weighted by Crippen LogP contribution is -2.84. The normalized spacial score (nSPS) is 47.2. The van der Waals surface area contributed by atoms with Crippen molar-refractivity contribution in [1.29, 1.82) is 0 Å². The van der Waals surface area contributed by atoms with Crippen molar-refractivity contribution in [2.45, 2.75) is 103 Å². The minimum absolute atomic E-state index is 0.0551. The van der Waals surface area contributed by atoms with Gasteiger partial charge in [0.15, 0.2) is 5.92 Å². The second-order valence-corrected chi connectivity index (χ2v) is 14.1. The van der Waals surface area contributed by atoms with E-state index in [9.17, 15) is 14.7 Å². The van der Waals surface area contributed by atoms with E-state index in [2.05, 4.69) is 76.7 Å². The van der Waals surface area contributed by atoms with E-state index in [-0.39, 0.29) is 34.5 Å². The molecule has 3 unspecified atom stereocenters. The summed E-state index contributed by atoms with van der Waals surface area (Å²) in [6.45, 7) is 11.7. The number of nitrogens with zero attached hydrogens (tertiary/aromatic N) is 2. The molecule has 208 valence electrons. The van der Waals surface area contributed by atoms with E-state index in [0.29, 0.717) is 24.2 Å². The smallest absolute Gasteiger partial charge is 0.266 e. The van der Waals surface area contributed by atoms with Crippen molar-refractivity contribution in [3.63, 3.8) is 0 Å². The number of hydrogen-bond acceptors (Lipinski definition) is 3. The van der Waals surface area contributed by atoms with E-state index >= 15 is 0 Å². The third-order valence-corrected chi connectivity index (χ3v) is 12.6. The largest absolute Gasteiger partial charge is 0.393 e. The minimum atomic E-state index is -1.07. The van der Waals surface area contributed by atoms with Crippen molar-refractivity contribution < 1.29 is 14.7 Å². The Morgan fingerprint density at radius 1 is 1.05 bits per heavy atom. The number of carbonyl (C=O) groups excluding carboxylic acids is 2. The van der Waals surface area contributed by atoms with Gasteiger partial charge in [-0.25, -0.2) is 10.0 Å². The first-order chi connectivity index (χ1) is 18.5. The van der Waals surface area contributed by atoms with Gasteiger partial charge in [-0.05, 0) is 85.4 Å². The van der Waals surface area contributed by atoms with Crippen LogP contribution in [0.1, 0.15) is 86.0 Å². The highest BCUT2D eigenvalue weighted by molar-refractivity contribution is 6.09. The monoisotopic (exact) mass is 528 g/mol. The van der Waals surface area contributed by atoms with Gasteiger partial charge >= 0.3 is 0 Å². The number of hydrogen-bond donors (Lipinski definition) is 1. The zero-order valence-electron chi connectivity index (χ0n) is 24.2. The Morgan fingerprint density at radius 2 is 1.79 bits per heavy atom. The second kappa shape index (κ2) is 8.75. The van der Waals surface area contributed by atoms with Crippen molar-refractivity contribution in [2.24, 2.45) is 46.3 Å². The molecule has 7 rings (SSSR count). The lowest BCUT2D eigenvalue weighted by molar-refractivity contribution is -0.287. The Bertz CT molecular complexity index is 1250. The maximum absolute atomic E-state index is 14.3. The molecule has 5 fully saturated rings. The van der Waals surface area contributed by atoms with Crippen LogP contribution in [0.15, 0.2) is 24.3 Å². The summed E-state index contributed by atoms with van der Waals surface area (Å²) in [4.78, 5) is 28.4. The van der Waals surface area contributed by atoms with E-state index < -0.39 is 23.1 Å². The molecule has 3 heterocycles. The van der Waals surface area contributed by atoms with E-state index in [4.69, 9.17) is 6.42 Å². The van der Waals surface area contributed by atoms with Crippen LogP contribution in [-0.4, -0.2) is 44.1 Å². The number of allylic oxidation sites excluding steroid dienone is 2. The molecule has 0 radical (unpaired) electrons. The average Bonchev–Trinajstić information content (AvgIpc) is 3.40. The van der Waals surface area contributed by atoms with Gasteiger partial charge in [-0.1, -0.05) is 71.3 Å². The number of aliphatic hydroxyl groups is 1. The van der Waals surface area contributed by atoms with Gasteiger partial charge in [0, 0.05) is 11.8 Å². The summed E-state index contributed by atoms with van der Waals surface area (Å²) in [5.41, 5.74) is -1.43. The van der Waals surface area contributed by atoms with Crippen LogP contribution < -0.4 is 0 Å². The zero-order valence-corrected chi connectivity index (χ0v) is 24.2. The molecule has 3 saturated carbocycles. The van der Waals surface area contributed by atoms with E-state index in [0.717, 1.165) is 44.9 Å². The minimum Gasteiger partial charge on any atom is -0.393 e.